The van der Waals surface area contributed by atoms with Gasteiger partial charge in [0.1, 0.15) is 6.10 Å². The average Bonchev–Trinajstić information content (AvgIpc) is 2.11. The van der Waals surface area contributed by atoms with Gasteiger partial charge in [-0.05, 0) is 6.42 Å². The second kappa shape index (κ2) is 7.32. The summed E-state index contributed by atoms with van der Waals surface area (Å²) in [5, 5.41) is 11.7. The van der Waals surface area contributed by atoms with Gasteiger partial charge in [-0.2, -0.15) is 0 Å². The van der Waals surface area contributed by atoms with E-state index < -0.39 is 17.9 Å². The Morgan fingerprint density at radius 1 is 1.43 bits per heavy atom. The van der Waals surface area contributed by atoms with E-state index >= 15 is 0 Å². The van der Waals surface area contributed by atoms with Crippen molar-refractivity contribution in [2.75, 3.05) is 6.54 Å². The van der Waals surface area contributed by atoms with Crippen LogP contribution in [0.3, 0.4) is 0 Å². The fourth-order valence-corrected chi connectivity index (χ4v) is 0.988. The summed E-state index contributed by atoms with van der Waals surface area (Å²) in [5.41, 5.74) is 4.83. The zero-order chi connectivity index (χ0) is 11.0. The Kier molecular flexibility index (Phi) is 6.74. The van der Waals surface area contributed by atoms with E-state index in [4.69, 9.17) is 10.8 Å². The van der Waals surface area contributed by atoms with Gasteiger partial charge in [-0.25, -0.2) is 0 Å². The molecule has 0 aromatic rings. The molecule has 0 saturated heterocycles. The van der Waals surface area contributed by atoms with Gasteiger partial charge in [0.2, 0.25) is 11.8 Å². The molecular formula is C9H18N2O3. The van der Waals surface area contributed by atoms with Crippen LogP contribution >= 0.6 is 0 Å². The maximum absolute atomic E-state index is 11.1. The van der Waals surface area contributed by atoms with E-state index in [1.54, 1.807) is 0 Å². The summed E-state index contributed by atoms with van der Waals surface area (Å²) >= 11 is 0. The van der Waals surface area contributed by atoms with Crippen molar-refractivity contribution >= 4 is 11.8 Å². The highest BCUT2D eigenvalue weighted by atomic mass is 16.3. The summed E-state index contributed by atoms with van der Waals surface area (Å²) in [5.74, 6) is -1.21. The third-order valence-electron chi connectivity index (χ3n) is 1.78. The zero-order valence-electron chi connectivity index (χ0n) is 8.45. The summed E-state index contributed by atoms with van der Waals surface area (Å²) in [7, 11) is 0. The number of nitrogens with one attached hydrogen (secondary N) is 1. The van der Waals surface area contributed by atoms with Gasteiger partial charge >= 0.3 is 0 Å². The molecule has 14 heavy (non-hydrogen) atoms. The van der Waals surface area contributed by atoms with E-state index in [1.807, 2.05) is 0 Å². The van der Waals surface area contributed by atoms with E-state index in [9.17, 15) is 9.59 Å². The molecule has 82 valence electrons. The van der Waals surface area contributed by atoms with Gasteiger partial charge < -0.3 is 16.2 Å². The number of carbonyl (C=O) groups excluding carboxylic acids is 2. The van der Waals surface area contributed by atoms with Crippen LogP contribution in [0, 0.1) is 0 Å². The standard InChI is InChI=1S/C9H18N2O3/c1-2-3-4-5-11-9(14)7(12)6-8(10)13/h7,12H,2-6H2,1H3,(H2,10,13)(H,11,14). The molecule has 0 bridgehead atoms. The van der Waals surface area contributed by atoms with E-state index in [0.717, 1.165) is 19.3 Å². The number of rotatable bonds is 7. The molecule has 0 rings (SSSR count). The Bertz CT molecular complexity index is 194. The largest absolute Gasteiger partial charge is 0.383 e. The van der Waals surface area contributed by atoms with Crippen LogP contribution in [0.1, 0.15) is 32.6 Å². The average molecular weight is 202 g/mol. The molecule has 0 aliphatic carbocycles. The summed E-state index contributed by atoms with van der Waals surface area (Å²) in [4.78, 5) is 21.4. The lowest BCUT2D eigenvalue weighted by Crippen LogP contribution is -2.37. The molecule has 0 fully saturated rings. The molecule has 0 radical (unpaired) electrons. The Morgan fingerprint density at radius 3 is 2.57 bits per heavy atom. The Hall–Kier alpha value is -1.10. The van der Waals surface area contributed by atoms with Crippen LogP contribution in [0.5, 0.6) is 0 Å². The third-order valence-corrected chi connectivity index (χ3v) is 1.78. The number of amides is 2. The third kappa shape index (κ3) is 6.42. The van der Waals surface area contributed by atoms with Gasteiger partial charge in [-0.15, -0.1) is 0 Å². The molecule has 1 unspecified atom stereocenters. The molecular weight excluding hydrogens is 184 g/mol. The van der Waals surface area contributed by atoms with Gasteiger partial charge in [0.15, 0.2) is 0 Å². The van der Waals surface area contributed by atoms with E-state index in [2.05, 4.69) is 12.2 Å². The van der Waals surface area contributed by atoms with Crippen LogP contribution in [-0.2, 0) is 9.59 Å². The van der Waals surface area contributed by atoms with Crippen LogP contribution in [0.25, 0.3) is 0 Å². The first-order valence-electron chi connectivity index (χ1n) is 4.82. The number of nitrogens with two attached hydrogens (primary N) is 1. The number of hydrogen-bond acceptors (Lipinski definition) is 3. The molecule has 0 saturated carbocycles. The fourth-order valence-electron chi connectivity index (χ4n) is 0.988. The summed E-state index contributed by atoms with van der Waals surface area (Å²) in [6.07, 6.45) is 1.35. The first-order valence-corrected chi connectivity index (χ1v) is 4.82. The highest BCUT2D eigenvalue weighted by Gasteiger charge is 2.16. The fraction of sp³-hybridized carbons (Fsp3) is 0.778. The molecule has 2 amide bonds. The predicted octanol–water partition coefficient (Wildman–Crippen LogP) is -0.471. The SMILES string of the molecule is CCCCCNC(=O)C(O)CC(N)=O. The van der Waals surface area contributed by atoms with E-state index in [1.165, 1.54) is 0 Å². The minimum atomic E-state index is -1.31. The number of primary amides is 1. The smallest absolute Gasteiger partial charge is 0.249 e. The Balaban J connectivity index is 3.57. The Labute approximate surface area is 83.7 Å². The molecule has 1 atom stereocenters. The van der Waals surface area contributed by atoms with Crippen LogP contribution in [0.2, 0.25) is 0 Å². The van der Waals surface area contributed by atoms with Crippen LogP contribution in [0.15, 0.2) is 0 Å². The van der Waals surface area contributed by atoms with Gasteiger partial charge in [0.05, 0.1) is 6.42 Å². The molecule has 0 heterocycles. The number of carbonyl (C=O) groups is 2. The molecule has 0 aromatic carbocycles. The van der Waals surface area contributed by atoms with Crippen LogP contribution < -0.4 is 11.1 Å². The minimum absolute atomic E-state index is 0.320. The maximum atomic E-state index is 11.1. The number of aliphatic hydroxyl groups excluding tert-OH is 1. The topological polar surface area (TPSA) is 92.4 Å². The number of unbranched alkanes of at least 4 members (excludes halogenated alkanes) is 2. The van der Waals surface area contributed by atoms with Crippen molar-refractivity contribution in [1.82, 2.24) is 5.32 Å². The van der Waals surface area contributed by atoms with Crippen molar-refractivity contribution in [3.8, 4) is 0 Å². The summed E-state index contributed by atoms with van der Waals surface area (Å²) in [6, 6.07) is 0. The van der Waals surface area contributed by atoms with Crippen molar-refractivity contribution in [3.63, 3.8) is 0 Å². The van der Waals surface area contributed by atoms with Crippen molar-refractivity contribution in [1.29, 1.82) is 0 Å². The highest BCUT2D eigenvalue weighted by molar-refractivity contribution is 5.86. The van der Waals surface area contributed by atoms with Crippen LogP contribution in [0.4, 0.5) is 0 Å². The normalized spacial score (nSPS) is 12.1. The monoisotopic (exact) mass is 202 g/mol. The highest BCUT2D eigenvalue weighted by Crippen LogP contribution is 1.93. The second-order valence-corrected chi connectivity index (χ2v) is 3.18. The Morgan fingerprint density at radius 2 is 2.07 bits per heavy atom. The molecule has 4 N–H and O–H groups in total. The predicted molar refractivity (Wildman–Crippen MR) is 52.4 cm³/mol. The molecule has 0 aliphatic rings. The number of aliphatic hydroxyl groups is 1. The van der Waals surface area contributed by atoms with Gasteiger partial charge in [0, 0.05) is 6.54 Å². The summed E-state index contributed by atoms with van der Waals surface area (Å²) in [6.45, 7) is 2.59. The molecule has 5 heteroatoms. The number of hydrogen-bond donors (Lipinski definition) is 3. The van der Waals surface area contributed by atoms with E-state index in [0.29, 0.717) is 6.54 Å². The maximum Gasteiger partial charge on any atom is 0.249 e. The van der Waals surface area contributed by atoms with Gasteiger partial charge in [-0.1, -0.05) is 19.8 Å². The van der Waals surface area contributed by atoms with Gasteiger partial charge in [0.25, 0.3) is 0 Å². The lowest BCUT2D eigenvalue weighted by molar-refractivity contribution is -0.133. The molecule has 0 aliphatic heterocycles. The van der Waals surface area contributed by atoms with E-state index in [-0.39, 0.29) is 6.42 Å². The minimum Gasteiger partial charge on any atom is -0.383 e. The lowest BCUT2D eigenvalue weighted by Gasteiger charge is -2.08. The van der Waals surface area contributed by atoms with Crippen molar-refractivity contribution in [3.05, 3.63) is 0 Å². The molecule has 5 nitrogen and oxygen atoms in total. The zero-order valence-corrected chi connectivity index (χ0v) is 8.45. The first kappa shape index (κ1) is 12.9. The van der Waals surface area contributed by atoms with Gasteiger partial charge in [-0.3, -0.25) is 9.59 Å². The second-order valence-electron chi connectivity index (χ2n) is 3.18. The first-order chi connectivity index (χ1) is 6.57. The lowest BCUT2D eigenvalue weighted by atomic mass is 10.2. The van der Waals surface area contributed by atoms with Crippen molar-refractivity contribution in [2.45, 2.75) is 38.7 Å². The van der Waals surface area contributed by atoms with Crippen molar-refractivity contribution in [2.24, 2.45) is 5.73 Å². The quantitative estimate of drug-likeness (QED) is 0.487. The molecule has 0 aromatic heterocycles. The molecule has 0 spiro atoms. The summed E-state index contributed by atoms with van der Waals surface area (Å²) < 4.78 is 0. The van der Waals surface area contributed by atoms with Crippen LogP contribution in [-0.4, -0.2) is 29.6 Å². The van der Waals surface area contributed by atoms with Crippen molar-refractivity contribution < 1.29 is 14.7 Å².